The lowest BCUT2D eigenvalue weighted by molar-refractivity contribution is -0.143. The van der Waals surface area contributed by atoms with Gasteiger partial charge < -0.3 is 9.55 Å². The minimum Gasteiger partial charge on any atom is -0.465 e. The van der Waals surface area contributed by atoms with E-state index >= 15 is 0 Å². The predicted octanol–water partition coefficient (Wildman–Crippen LogP) is 2.03. The molecule has 0 saturated carbocycles. The largest absolute Gasteiger partial charge is 0.465 e. The number of ether oxygens (including phenoxy) is 1. The summed E-state index contributed by atoms with van der Waals surface area (Å²) in [7, 11) is 0. The maximum atomic E-state index is 11.7. The van der Waals surface area contributed by atoms with Crippen LogP contribution >= 0.6 is 0 Å². The van der Waals surface area contributed by atoms with Gasteiger partial charge in [0, 0.05) is 6.04 Å². The Labute approximate surface area is 109 Å². The summed E-state index contributed by atoms with van der Waals surface area (Å²) in [5.74, 6) is -0.0788. The Morgan fingerprint density at radius 1 is 1.39 bits per heavy atom. The molecule has 4 heteroatoms. The average molecular weight is 245 g/mol. The summed E-state index contributed by atoms with van der Waals surface area (Å²) in [4.78, 5) is 13.9. The van der Waals surface area contributed by atoms with E-state index in [2.05, 4.69) is 42.8 Å². The van der Waals surface area contributed by atoms with Crippen LogP contribution in [0.2, 0.25) is 6.82 Å². The summed E-state index contributed by atoms with van der Waals surface area (Å²) >= 11 is 0. The molecule has 1 aliphatic heterocycles. The van der Waals surface area contributed by atoms with Crippen molar-refractivity contribution in [3.05, 3.63) is 35.9 Å². The fourth-order valence-corrected chi connectivity index (χ4v) is 2.65. The number of benzene rings is 1. The summed E-state index contributed by atoms with van der Waals surface area (Å²) in [5.41, 5.74) is 1.31. The van der Waals surface area contributed by atoms with Gasteiger partial charge in [-0.05, 0) is 20.2 Å². The van der Waals surface area contributed by atoms with Crippen LogP contribution in [0.1, 0.15) is 19.4 Å². The minimum atomic E-state index is -0.0788. The highest BCUT2D eigenvalue weighted by Crippen LogP contribution is 2.31. The first-order valence-corrected chi connectivity index (χ1v) is 6.63. The van der Waals surface area contributed by atoms with E-state index in [9.17, 15) is 4.79 Å². The third-order valence-corrected chi connectivity index (χ3v) is 3.57. The number of carbonyl (C=O) groups excluding carboxylic acids is 1. The second-order valence-electron chi connectivity index (χ2n) is 4.92. The van der Waals surface area contributed by atoms with Gasteiger partial charge in [0.15, 0.2) is 0 Å². The van der Waals surface area contributed by atoms with Gasteiger partial charge in [0.2, 0.25) is 6.85 Å². The highest BCUT2D eigenvalue weighted by Gasteiger charge is 2.52. The summed E-state index contributed by atoms with van der Waals surface area (Å²) in [6.07, 6.45) is 0.973. The van der Waals surface area contributed by atoms with E-state index in [1.54, 1.807) is 0 Å². The molecule has 0 bridgehead atoms. The van der Waals surface area contributed by atoms with Gasteiger partial charge in [0.25, 0.3) is 0 Å². The molecule has 0 radical (unpaired) electrons. The van der Waals surface area contributed by atoms with Crippen molar-refractivity contribution >= 4 is 12.8 Å². The molecule has 3 atom stereocenters. The SMILES string of the molecule is CCOC(=O)C1C(C)N1B(C)Cc1ccccc1. The monoisotopic (exact) mass is 245 g/mol. The summed E-state index contributed by atoms with van der Waals surface area (Å²) in [5, 5.41) is 0. The molecule has 96 valence electrons. The lowest BCUT2D eigenvalue weighted by atomic mass is 9.59. The van der Waals surface area contributed by atoms with Gasteiger partial charge in [-0.15, -0.1) is 0 Å². The van der Waals surface area contributed by atoms with Crippen molar-refractivity contribution in [2.24, 2.45) is 0 Å². The van der Waals surface area contributed by atoms with Gasteiger partial charge in [-0.2, -0.15) is 0 Å². The topological polar surface area (TPSA) is 29.3 Å². The maximum absolute atomic E-state index is 11.7. The normalized spacial score (nSPS) is 25.6. The fraction of sp³-hybridized carbons (Fsp3) is 0.500. The van der Waals surface area contributed by atoms with E-state index in [1.807, 2.05) is 13.0 Å². The van der Waals surface area contributed by atoms with Crippen molar-refractivity contribution in [1.29, 1.82) is 0 Å². The van der Waals surface area contributed by atoms with E-state index in [0.29, 0.717) is 19.5 Å². The average Bonchev–Trinajstić information content (AvgIpc) is 3.02. The summed E-state index contributed by atoms with van der Waals surface area (Å²) in [6.45, 7) is 6.94. The molecule has 2 rings (SSSR count). The van der Waals surface area contributed by atoms with Gasteiger partial charge in [0.05, 0.1) is 6.61 Å². The van der Waals surface area contributed by atoms with Crippen LogP contribution in [-0.4, -0.2) is 36.3 Å². The van der Waals surface area contributed by atoms with E-state index < -0.39 is 0 Å². The third-order valence-electron chi connectivity index (χ3n) is 3.57. The molecule has 1 saturated heterocycles. The van der Waals surface area contributed by atoms with Crippen LogP contribution in [-0.2, 0) is 15.9 Å². The highest BCUT2D eigenvalue weighted by molar-refractivity contribution is 6.55. The van der Waals surface area contributed by atoms with Crippen LogP contribution in [0.3, 0.4) is 0 Å². The molecule has 3 unspecified atom stereocenters. The van der Waals surface area contributed by atoms with Crippen LogP contribution in [0, 0.1) is 0 Å². The smallest absolute Gasteiger partial charge is 0.323 e. The minimum absolute atomic E-state index is 0.0383. The molecule has 1 fully saturated rings. The summed E-state index contributed by atoms with van der Waals surface area (Å²) in [6, 6.07) is 10.7. The van der Waals surface area contributed by atoms with Crippen molar-refractivity contribution in [2.45, 2.75) is 39.1 Å². The molecule has 0 N–H and O–H groups in total. The van der Waals surface area contributed by atoms with Crippen LogP contribution < -0.4 is 0 Å². The predicted molar refractivity (Wildman–Crippen MR) is 73.5 cm³/mol. The molecule has 0 aliphatic carbocycles. The maximum Gasteiger partial charge on any atom is 0.323 e. The second kappa shape index (κ2) is 5.57. The van der Waals surface area contributed by atoms with E-state index in [0.717, 1.165) is 6.32 Å². The number of esters is 1. The first-order valence-electron chi connectivity index (χ1n) is 6.63. The van der Waals surface area contributed by atoms with Crippen LogP contribution in [0.5, 0.6) is 0 Å². The molecule has 1 heterocycles. The van der Waals surface area contributed by atoms with Crippen LogP contribution in [0.15, 0.2) is 30.3 Å². The first kappa shape index (κ1) is 13.2. The van der Waals surface area contributed by atoms with E-state index in [-0.39, 0.29) is 12.0 Å². The van der Waals surface area contributed by atoms with Crippen LogP contribution in [0.25, 0.3) is 0 Å². The van der Waals surface area contributed by atoms with Crippen molar-refractivity contribution in [3.8, 4) is 0 Å². The molecular formula is C14H20BNO2. The van der Waals surface area contributed by atoms with Gasteiger partial charge >= 0.3 is 5.97 Å². The number of carbonyl (C=O) groups is 1. The Bertz CT molecular complexity index is 410. The van der Waals surface area contributed by atoms with Crippen molar-refractivity contribution in [1.82, 2.24) is 4.81 Å². The Kier molecular flexibility index (Phi) is 4.07. The first-order chi connectivity index (χ1) is 8.65. The molecule has 0 spiro atoms. The zero-order valence-corrected chi connectivity index (χ0v) is 11.3. The van der Waals surface area contributed by atoms with Gasteiger partial charge in [0.1, 0.15) is 6.04 Å². The van der Waals surface area contributed by atoms with Gasteiger partial charge in [-0.1, -0.05) is 42.7 Å². The van der Waals surface area contributed by atoms with Crippen molar-refractivity contribution < 1.29 is 9.53 Å². The molecule has 1 aromatic rings. The van der Waals surface area contributed by atoms with Crippen molar-refractivity contribution in [2.75, 3.05) is 6.61 Å². The lowest BCUT2D eigenvalue weighted by Crippen LogP contribution is -2.28. The Hall–Kier alpha value is -1.29. The molecule has 1 aliphatic rings. The molecule has 3 nitrogen and oxygen atoms in total. The fourth-order valence-electron chi connectivity index (χ4n) is 2.65. The molecule has 0 aromatic heterocycles. The Morgan fingerprint density at radius 3 is 2.67 bits per heavy atom. The number of hydrogen-bond donors (Lipinski definition) is 0. The Morgan fingerprint density at radius 2 is 2.06 bits per heavy atom. The quantitative estimate of drug-likeness (QED) is 0.451. The second-order valence-corrected chi connectivity index (χ2v) is 4.92. The van der Waals surface area contributed by atoms with Gasteiger partial charge in [-0.3, -0.25) is 4.79 Å². The molecule has 0 amide bonds. The number of rotatable bonds is 5. The number of hydrogen-bond acceptors (Lipinski definition) is 3. The van der Waals surface area contributed by atoms with E-state index in [4.69, 9.17) is 4.74 Å². The molecule has 18 heavy (non-hydrogen) atoms. The highest BCUT2D eigenvalue weighted by atomic mass is 16.5. The van der Waals surface area contributed by atoms with E-state index in [1.165, 1.54) is 5.56 Å². The molecular weight excluding hydrogens is 225 g/mol. The zero-order valence-electron chi connectivity index (χ0n) is 11.3. The standard InChI is InChI=1S/C14H20BNO2/c1-4-18-14(17)13-11(2)16(13)15(3)10-12-8-6-5-7-9-12/h5-9,11,13H,4,10H2,1-3H3. The third kappa shape index (κ3) is 2.75. The Balaban J connectivity index is 1.91. The van der Waals surface area contributed by atoms with Crippen LogP contribution in [0.4, 0.5) is 0 Å². The summed E-state index contributed by atoms with van der Waals surface area (Å²) < 4.78 is 5.09. The molecule has 1 aromatic carbocycles. The van der Waals surface area contributed by atoms with Crippen molar-refractivity contribution in [3.63, 3.8) is 0 Å². The number of nitrogens with zero attached hydrogens (tertiary/aromatic N) is 1. The van der Waals surface area contributed by atoms with Gasteiger partial charge in [-0.25, -0.2) is 0 Å². The lowest BCUT2D eigenvalue weighted by Gasteiger charge is -2.10. The zero-order chi connectivity index (χ0) is 13.1.